The van der Waals surface area contributed by atoms with Crippen molar-refractivity contribution in [2.75, 3.05) is 23.0 Å². The van der Waals surface area contributed by atoms with Gasteiger partial charge in [0.25, 0.3) is 0 Å². The molecule has 5 nitrogen and oxygen atoms in total. The molecule has 0 bridgehead atoms. The lowest BCUT2D eigenvalue weighted by Gasteiger charge is -2.02. The lowest BCUT2D eigenvalue weighted by atomic mass is 10.1. The van der Waals surface area contributed by atoms with Crippen LogP contribution in [-0.4, -0.2) is 50.8 Å². The highest BCUT2D eigenvalue weighted by molar-refractivity contribution is 8.00. The second-order valence-corrected chi connectivity index (χ2v) is 18.5. The standard InChI is InChI=1S/C10H12OS.C9H10O2S.C9H10OS.C9H8OS.C9H8S/c1-8-3-5-10(6-4-8)12-7-9(2)11;1-7-2-4-8(5-3-7)12-6-9(10)11;2*1-6-2-3-9-7(4-6)8(10)5-11-9;1-7-2-3-9-8(6-7)4-5-10-9/h3-6H,7H2,1-2H3;2-5H,6H2,1H3,(H,10,11);2-4,8,10H,5H2,1H3;2-4H,5H2,1H3;2-6H,1H3. The summed E-state index contributed by atoms with van der Waals surface area (Å²) in [5.41, 5.74) is 8.19. The smallest absolute Gasteiger partial charge is 0.313 e. The summed E-state index contributed by atoms with van der Waals surface area (Å²) in [5.74, 6) is 1.86. The number of ketones is 2. The Morgan fingerprint density at radius 1 is 0.661 bits per heavy atom. The van der Waals surface area contributed by atoms with Crippen molar-refractivity contribution in [2.24, 2.45) is 0 Å². The molecule has 2 N–H and O–H groups in total. The van der Waals surface area contributed by atoms with E-state index in [-0.39, 0.29) is 23.4 Å². The van der Waals surface area contributed by atoms with E-state index >= 15 is 0 Å². The van der Waals surface area contributed by atoms with Gasteiger partial charge in [-0.25, -0.2) is 0 Å². The Bertz CT molecular complexity index is 2150. The predicted octanol–water partition coefficient (Wildman–Crippen LogP) is 12.5. The molecule has 0 aliphatic carbocycles. The number of carbonyl (C=O) groups is 3. The number of aryl methyl sites for hydroxylation is 5. The number of carboxylic acids is 1. The van der Waals surface area contributed by atoms with E-state index < -0.39 is 5.97 Å². The van der Waals surface area contributed by atoms with Crippen molar-refractivity contribution in [1.29, 1.82) is 0 Å². The molecule has 5 aromatic carbocycles. The Labute approximate surface area is 352 Å². The molecule has 0 fully saturated rings. The lowest BCUT2D eigenvalue weighted by Crippen LogP contribution is -1.97. The van der Waals surface area contributed by atoms with E-state index in [0.717, 1.165) is 31.6 Å². The van der Waals surface area contributed by atoms with Gasteiger partial charge in [-0.15, -0.1) is 58.4 Å². The first-order chi connectivity index (χ1) is 26.8. The number of carbonyl (C=O) groups excluding carboxylic acids is 2. The average Bonchev–Trinajstić information content (AvgIpc) is 3.90. The molecule has 0 saturated carbocycles. The van der Waals surface area contributed by atoms with Crippen LogP contribution in [0.25, 0.3) is 10.1 Å². The monoisotopic (exact) mass is 840 g/mol. The number of Topliss-reactive ketones (excluding diaryl/α,β-unsaturated/α-hetero) is 2. The van der Waals surface area contributed by atoms with Crippen LogP contribution in [0.5, 0.6) is 0 Å². The number of carboxylic acid groups (broad SMARTS) is 1. The highest BCUT2D eigenvalue weighted by atomic mass is 32.2. The fourth-order valence-corrected chi connectivity index (χ4v) is 9.28. The Balaban J connectivity index is 0.000000156. The van der Waals surface area contributed by atoms with E-state index in [1.807, 2.05) is 68.4 Å². The molecule has 1 atom stereocenters. The van der Waals surface area contributed by atoms with Gasteiger partial charge in [0.1, 0.15) is 5.78 Å². The zero-order valence-electron chi connectivity index (χ0n) is 32.5. The molecule has 292 valence electrons. The maximum atomic E-state index is 11.2. The molecule has 3 heterocycles. The summed E-state index contributed by atoms with van der Waals surface area (Å²) in [6.45, 7) is 11.9. The number of fused-ring (bicyclic) bond motifs is 3. The molecule has 0 spiro atoms. The molecule has 1 aromatic heterocycles. The summed E-state index contributed by atoms with van der Waals surface area (Å²) in [6, 6.07) is 37.0. The molecule has 2 aliphatic rings. The van der Waals surface area contributed by atoms with Crippen LogP contribution >= 0.6 is 58.4 Å². The number of hydrogen-bond donors (Lipinski definition) is 2. The average molecular weight is 841 g/mol. The van der Waals surface area contributed by atoms with E-state index in [1.54, 1.807) is 53.5 Å². The van der Waals surface area contributed by atoms with Crippen molar-refractivity contribution in [2.45, 2.75) is 67.2 Å². The van der Waals surface area contributed by atoms with Crippen LogP contribution in [-0.2, 0) is 9.59 Å². The van der Waals surface area contributed by atoms with Gasteiger partial charge in [0.15, 0.2) is 5.78 Å². The predicted molar refractivity (Wildman–Crippen MR) is 242 cm³/mol. The SMILES string of the molecule is CC(=O)CSc1ccc(C)cc1.Cc1ccc(SCC(=O)O)cc1.Cc1ccc2c(c1)C(=O)CS2.Cc1ccc2c(c1)C(O)CS2.Cc1ccc2sccc2c1. The van der Waals surface area contributed by atoms with Crippen molar-refractivity contribution in [3.63, 3.8) is 0 Å². The zero-order valence-corrected chi connectivity index (χ0v) is 36.6. The maximum absolute atomic E-state index is 11.2. The van der Waals surface area contributed by atoms with Crippen LogP contribution < -0.4 is 0 Å². The van der Waals surface area contributed by atoms with Gasteiger partial charge in [0.05, 0.1) is 23.4 Å². The van der Waals surface area contributed by atoms with Crippen LogP contribution in [0.4, 0.5) is 0 Å². The van der Waals surface area contributed by atoms with Crippen LogP contribution in [0, 0.1) is 34.6 Å². The molecule has 2 aliphatic heterocycles. The second kappa shape index (κ2) is 22.8. The van der Waals surface area contributed by atoms with Gasteiger partial charge >= 0.3 is 5.97 Å². The van der Waals surface area contributed by atoms with E-state index in [2.05, 4.69) is 80.7 Å². The minimum absolute atomic E-state index is 0.128. The largest absolute Gasteiger partial charge is 0.481 e. The first-order valence-corrected chi connectivity index (χ1v) is 22.8. The number of benzene rings is 5. The topological polar surface area (TPSA) is 91.7 Å². The maximum Gasteiger partial charge on any atom is 0.313 e. The number of thioether (sulfide) groups is 4. The molecular formula is C46H48O5S5. The van der Waals surface area contributed by atoms with Crippen molar-refractivity contribution in [3.05, 3.63) is 154 Å². The Hall–Kier alpha value is -3.77. The molecule has 1 unspecified atom stereocenters. The summed E-state index contributed by atoms with van der Waals surface area (Å²) < 4.78 is 1.38. The van der Waals surface area contributed by atoms with Gasteiger partial charge in [-0.3, -0.25) is 14.4 Å². The van der Waals surface area contributed by atoms with Gasteiger partial charge in [-0.05, 0) is 112 Å². The first kappa shape index (κ1) is 44.9. The minimum atomic E-state index is -0.777. The van der Waals surface area contributed by atoms with Gasteiger partial charge in [0.2, 0.25) is 0 Å². The number of thiophene rings is 1. The number of aliphatic hydroxyl groups is 1. The molecular weight excluding hydrogens is 793 g/mol. The van der Waals surface area contributed by atoms with Gasteiger partial charge in [-0.1, -0.05) is 82.4 Å². The number of aliphatic hydroxyl groups excluding tert-OH is 1. The highest BCUT2D eigenvalue weighted by Gasteiger charge is 2.20. The molecule has 56 heavy (non-hydrogen) atoms. The minimum Gasteiger partial charge on any atom is -0.481 e. The van der Waals surface area contributed by atoms with Crippen molar-refractivity contribution >= 4 is 86.0 Å². The Morgan fingerprint density at radius 2 is 1.20 bits per heavy atom. The van der Waals surface area contributed by atoms with Crippen LogP contribution in [0.1, 0.15) is 56.8 Å². The van der Waals surface area contributed by atoms with Crippen molar-refractivity contribution < 1.29 is 24.6 Å². The van der Waals surface area contributed by atoms with Crippen molar-refractivity contribution in [3.8, 4) is 0 Å². The summed E-state index contributed by atoms with van der Waals surface area (Å²) in [4.78, 5) is 36.6. The molecule has 0 radical (unpaired) electrons. The van der Waals surface area contributed by atoms with Crippen LogP contribution in [0.15, 0.2) is 134 Å². The van der Waals surface area contributed by atoms with E-state index in [0.29, 0.717) is 11.5 Å². The fourth-order valence-electron chi connectivity index (χ4n) is 5.21. The molecule has 6 aromatic rings. The van der Waals surface area contributed by atoms with Crippen LogP contribution in [0.2, 0.25) is 0 Å². The van der Waals surface area contributed by atoms with Gasteiger partial charge in [-0.2, -0.15) is 0 Å². The second-order valence-electron chi connectivity index (χ2n) is 13.3. The van der Waals surface area contributed by atoms with E-state index in [1.165, 1.54) is 54.6 Å². The lowest BCUT2D eigenvalue weighted by molar-refractivity contribution is -0.133. The summed E-state index contributed by atoms with van der Waals surface area (Å²) >= 11 is 8.09. The Kier molecular flexibility index (Phi) is 18.3. The third kappa shape index (κ3) is 15.3. The molecule has 0 amide bonds. The van der Waals surface area contributed by atoms with Gasteiger partial charge < -0.3 is 10.2 Å². The summed E-state index contributed by atoms with van der Waals surface area (Å²) in [5, 5.41) is 21.4. The van der Waals surface area contributed by atoms with Crippen molar-refractivity contribution in [1.82, 2.24) is 0 Å². The van der Waals surface area contributed by atoms with Gasteiger partial charge in [0, 0.05) is 35.6 Å². The zero-order chi connectivity index (χ0) is 40.6. The van der Waals surface area contributed by atoms with E-state index in [4.69, 9.17) is 5.11 Å². The number of aliphatic carboxylic acids is 1. The third-order valence-corrected chi connectivity index (χ3v) is 13.5. The third-order valence-electron chi connectivity index (χ3n) is 8.17. The molecule has 8 rings (SSSR count). The van der Waals surface area contributed by atoms with Crippen LogP contribution in [0.3, 0.4) is 0 Å². The van der Waals surface area contributed by atoms with E-state index in [9.17, 15) is 19.5 Å². The fraction of sp³-hybridized carbons (Fsp3) is 0.239. The summed E-state index contributed by atoms with van der Waals surface area (Å²) in [7, 11) is 0. The highest BCUT2D eigenvalue weighted by Crippen LogP contribution is 2.38. The number of rotatable bonds is 6. The summed E-state index contributed by atoms with van der Waals surface area (Å²) in [6.07, 6.45) is -0.241. The molecule has 10 heteroatoms. The Morgan fingerprint density at radius 3 is 1.80 bits per heavy atom. The normalized spacial score (nSPS) is 13.3. The number of hydrogen-bond acceptors (Lipinski definition) is 9. The first-order valence-electron chi connectivity index (χ1n) is 18.0. The molecule has 0 saturated heterocycles. The quantitative estimate of drug-likeness (QED) is 0.159.